The summed E-state index contributed by atoms with van der Waals surface area (Å²) < 4.78 is 6.42. The van der Waals surface area contributed by atoms with Crippen molar-refractivity contribution in [2.24, 2.45) is 5.92 Å². The van der Waals surface area contributed by atoms with Gasteiger partial charge in [0.15, 0.2) is 0 Å². The lowest BCUT2D eigenvalue weighted by molar-refractivity contribution is -0.101. The molecule has 0 spiro atoms. The first-order chi connectivity index (χ1) is 10.1. The molecule has 1 N–H and O–H groups in total. The number of nitrogens with one attached hydrogen (secondary N) is 1. The average Bonchev–Trinajstić information content (AvgIpc) is 2.86. The summed E-state index contributed by atoms with van der Waals surface area (Å²) in [5, 5.41) is 6.03. The van der Waals surface area contributed by atoms with Crippen molar-refractivity contribution in [3.63, 3.8) is 0 Å². The summed E-state index contributed by atoms with van der Waals surface area (Å²) in [6.07, 6.45) is 6.16. The van der Waals surface area contributed by atoms with Crippen molar-refractivity contribution in [1.82, 2.24) is 5.32 Å². The summed E-state index contributed by atoms with van der Waals surface area (Å²) in [6, 6.07) is 2.59. The first kappa shape index (κ1) is 17.0. The van der Waals surface area contributed by atoms with Crippen LogP contribution in [0, 0.1) is 12.8 Å². The highest BCUT2D eigenvalue weighted by molar-refractivity contribution is 7.10. The van der Waals surface area contributed by atoms with E-state index in [0.717, 1.165) is 19.1 Å². The summed E-state index contributed by atoms with van der Waals surface area (Å²) in [5.74, 6) is 0.761. The molecule has 3 heteroatoms. The van der Waals surface area contributed by atoms with Gasteiger partial charge in [0.05, 0.1) is 11.6 Å². The Morgan fingerprint density at radius 1 is 1.48 bits per heavy atom. The van der Waals surface area contributed by atoms with E-state index < -0.39 is 0 Å². The van der Waals surface area contributed by atoms with E-state index in [9.17, 15) is 0 Å². The Morgan fingerprint density at radius 3 is 2.86 bits per heavy atom. The van der Waals surface area contributed by atoms with E-state index in [4.69, 9.17) is 4.74 Å². The maximum atomic E-state index is 6.42. The molecule has 1 heterocycles. The number of thiophene rings is 1. The maximum absolute atomic E-state index is 6.42. The predicted octanol–water partition coefficient (Wildman–Crippen LogP) is 5.08. The van der Waals surface area contributed by atoms with Crippen LogP contribution in [0.5, 0.6) is 0 Å². The van der Waals surface area contributed by atoms with Crippen molar-refractivity contribution in [2.45, 2.75) is 71.4 Å². The number of hydrogen-bond donors (Lipinski definition) is 1. The quantitative estimate of drug-likeness (QED) is 0.758. The molecule has 1 saturated carbocycles. The lowest BCUT2D eigenvalue weighted by atomic mass is 9.73. The molecule has 1 fully saturated rings. The third-order valence-electron chi connectivity index (χ3n) is 4.71. The average molecular weight is 310 g/mol. The lowest BCUT2D eigenvalue weighted by Crippen LogP contribution is -2.49. The van der Waals surface area contributed by atoms with Gasteiger partial charge in [0, 0.05) is 11.5 Å². The molecular weight excluding hydrogens is 278 g/mol. The van der Waals surface area contributed by atoms with Gasteiger partial charge in [0.25, 0.3) is 0 Å². The zero-order chi connectivity index (χ0) is 15.3. The molecule has 0 radical (unpaired) electrons. The van der Waals surface area contributed by atoms with E-state index in [0.29, 0.717) is 6.04 Å². The molecule has 21 heavy (non-hydrogen) atoms. The minimum absolute atomic E-state index is 0.0167. The Labute approximate surface area is 134 Å². The second kappa shape index (κ2) is 7.75. The third kappa shape index (κ3) is 3.88. The molecule has 2 nitrogen and oxygen atoms in total. The highest BCUT2D eigenvalue weighted by Gasteiger charge is 2.44. The normalized spacial score (nSPS) is 27.7. The van der Waals surface area contributed by atoms with Crippen molar-refractivity contribution in [2.75, 3.05) is 13.2 Å². The van der Waals surface area contributed by atoms with Crippen LogP contribution < -0.4 is 5.32 Å². The van der Waals surface area contributed by atoms with Gasteiger partial charge in [0.2, 0.25) is 0 Å². The van der Waals surface area contributed by atoms with Gasteiger partial charge in [-0.15, -0.1) is 11.3 Å². The van der Waals surface area contributed by atoms with E-state index in [-0.39, 0.29) is 5.60 Å². The third-order valence-corrected chi connectivity index (χ3v) is 5.79. The van der Waals surface area contributed by atoms with Crippen molar-refractivity contribution in [3.05, 3.63) is 21.9 Å². The van der Waals surface area contributed by atoms with Crippen LogP contribution in [0.1, 0.15) is 69.4 Å². The largest absolute Gasteiger partial charge is 0.373 e. The highest BCUT2D eigenvalue weighted by Crippen LogP contribution is 2.45. The van der Waals surface area contributed by atoms with Crippen LogP contribution in [0.25, 0.3) is 0 Å². The van der Waals surface area contributed by atoms with Crippen LogP contribution in [0.2, 0.25) is 0 Å². The van der Waals surface area contributed by atoms with Crippen molar-refractivity contribution in [1.29, 1.82) is 0 Å². The van der Waals surface area contributed by atoms with Crippen LogP contribution >= 0.6 is 11.3 Å². The SMILES string of the molecule is CCCNC(c1sccc1C)C1(OCC)CCCC(C)C1. The standard InChI is InChI=1S/C18H31NOS/c1-5-11-19-17(16-15(4)9-12-21-16)18(20-6-2)10-7-8-14(3)13-18/h9,12,14,17,19H,5-8,10-11,13H2,1-4H3. The minimum Gasteiger partial charge on any atom is -0.373 e. The molecular formula is C18H31NOS. The van der Waals surface area contributed by atoms with Crippen LogP contribution in [0.15, 0.2) is 11.4 Å². The number of rotatable bonds is 7. The van der Waals surface area contributed by atoms with Gasteiger partial charge in [0.1, 0.15) is 0 Å². The van der Waals surface area contributed by atoms with E-state index in [1.807, 2.05) is 11.3 Å². The fraction of sp³-hybridized carbons (Fsp3) is 0.778. The van der Waals surface area contributed by atoms with E-state index >= 15 is 0 Å². The first-order valence-corrected chi connectivity index (χ1v) is 9.42. The zero-order valence-electron chi connectivity index (χ0n) is 14.1. The maximum Gasteiger partial charge on any atom is 0.0886 e. The van der Waals surface area contributed by atoms with Crippen molar-refractivity contribution < 1.29 is 4.74 Å². The summed E-state index contributed by atoms with van der Waals surface area (Å²) in [7, 11) is 0. The van der Waals surface area contributed by atoms with Gasteiger partial charge in [-0.3, -0.25) is 0 Å². The van der Waals surface area contributed by atoms with Crippen LogP contribution in [-0.4, -0.2) is 18.8 Å². The van der Waals surface area contributed by atoms with Gasteiger partial charge in [-0.05, 0) is 62.6 Å². The summed E-state index contributed by atoms with van der Waals surface area (Å²) in [6.45, 7) is 10.9. The molecule has 1 aliphatic rings. The molecule has 0 aliphatic heterocycles. The highest BCUT2D eigenvalue weighted by atomic mass is 32.1. The fourth-order valence-electron chi connectivity index (χ4n) is 3.79. The Bertz CT molecular complexity index is 427. The summed E-state index contributed by atoms with van der Waals surface area (Å²) >= 11 is 1.88. The monoisotopic (exact) mass is 309 g/mol. The second-order valence-corrected chi connectivity index (χ2v) is 7.50. The van der Waals surface area contributed by atoms with Gasteiger partial charge in [-0.2, -0.15) is 0 Å². The Hall–Kier alpha value is -0.380. The molecule has 0 saturated heterocycles. The smallest absolute Gasteiger partial charge is 0.0886 e. The Kier molecular flexibility index (Phi) is 6.27. The van der Waals surface area contributed by atoms with E-state index in [1.54, 1.807) is 0 Å². The lowest BCUT2D eigenvalue weighted by Gasteiger charge is -2.45. The Morgan fingerprint density at radius 2 is 2.29 bits per heavy atom. The molecule has 2 rings (SSSR count). The topological polar surface area (TPSA) is 21.3 Å². The number of ether oxygens (including phenoxy) is 1. The molecule has 0 amide bonds. The number of hydrogen-bond acceptors (Lipinski definition) is 3. The molecule has 1 aliphatic carbocycles. The molecule has 1 aromatic heterocycles. The predicted molar refractivity (Wildman–Crippen MR) is 92.1 cm³/mol. The van der Waals surface area contributed by atoms with Gasteiger partial charge in [-0.1, -0.05) is 26.7 Å². The Balaban J connectivity index is 2.32. The summed E-state index contributed by atoms with van der Waals surface area (Å²) in [4.78, 5) is 1.48. The fourth-order valence-corrected chi connectivity index (χ4v) is 4.90. The molecule has 1 aromatic rings. The first-order valence-electron chi connectivity index (χ1n) is 8.54. The van der Waals surface area contributed by atoms with E-state index in [1.165, 1.54) is 42.5 Å². The van der Waals surface area contributed by atoms with Crippen molar-refractivity contribution >= 4 is 11.3 Å². The minimum atomic E-state index is -0.0167. The molecule has 0 aromatic carbocycles. The van der Waals surface area contributed by atoms with Crippen LogP contribution in [-0.2, 0) is 4.74 Å². The van der Waals surface area contributed by atoms with Gasteiger partial charge in [-0.25, -0.2) is 0 Å². The molecule has 3 atom stereocenters. The molecule has 3 unspecified atom stereocenters. The number of aryl methyl sites for hydroxylation is 1. The van der Waals surface area contributed by atoms with Gasteiger partial charge >= 0.3 is 0 Å². The molecule has 0 bridgehead atoms. The second-order valence-electron chi connectivity index (χ2n) is 6.55. The van der Waals surface area contributed by atoms with Crippen LogP contribution in [0.3, 0.4) is 0 Å². The summed E-state index contributed by atoms with van der Waals surface area (Å²) in [5.41, 5.74) is 1.39. The van der Waals surface area contributed by atoms with Crippen molar-refractivity contribution in [3.8, 4) is 0 Å². The van der Waals surface area contributed by atoms with E-state index in [2.05, 4.69) is 44.5 Å². The zero-order valence-corrected chi connectivity index (χ0v) is 14.9. The van der Waals surface area contributed by atoms with Crippen LogP contribution in [0.4, 0.5) is 0 Å². The van der Waals surface area contributed by atoms with Gasteiger partial charge < -0.3 is 10.1 Å². The molecule has 120 valence electrons.